The summed E-state index contributed by atoms with van der Waals surface area (Å²) >= 11 is 1.24. The number of rotatable bonds is 12. The number of unbranched alkanes of at least 4 members (excludes halogenated alkanes) is 1. The molecule has 5 nitrogen and oxygen atoms in total. The normalized spacial score (nSPS) is 11.6. The van der Waals surface area contributed by atoms with E-state index in [1.165, 1.54) is 29.7 Å². The molecule has 1 heterocycles. The van der Waals surface area contributed by atoms with E-state index in [0.717, 1.165) is 16.9 Å². The van der Waals surface area contributed by atoms with Gasteiger partial charge < -0.3 is 5.11 Å². The molecule has 1 aromatic carbocycles. The minimum atomic E-state index is -3.31. The summed E-state index contributed by atoms with van der Waals surface area (Å²) in [4.78, 5) is 12.1. The standard InChI is InChI=1S/C20H27NO4S2/c1-2-3-5-16-7-9-17(10-8-16)13-15-27(24,25)21-14-4-6-18-11-12-19(26-18)20(22)23/h7-12,21H,2-6,13-15H2,1H3,(H,22,23). The minimum Gasteiger partial charge on any atom is -0.477 e. The maximum atomic E-state index is 12.1. The van der Waals surface area contributed by atoms with E-state index in [1.54, 1.807) is 12.1 Å². The van der Waals surface area contributed by atoms with Crippen LogP contribution in [0.25, 0.3) is 0 Å². The van der Waals surface area contributed by atoms with Gasteiger partial charge in [0.25, 0.3) is 0 Å². The van der Waals surface area contributed by atoms with Crippen molar-refractivity contribution >= 4 is 27.3 Å². The quantitative estimate of drug-likeness (QED) is 0.521. The number of aryl methyl sites for hydroxylation is 3. The second kappa shape index (κ2) is 10.6. The molecule has 0 radical (unpaired) electrons. The van der Waals surface area contributed by atoms with Crippen molar-refractivity contribution in [3.05, 3.63) is 57.3 Å². The highest BCUT2D eigenvalue weighted by Gasteiger charge is 2.11. The van der Waals surface area contributed by atoms with E-state index in [0.29, 0.717) is 30.7 Å². The Morgan fingerprint density at radius 3 is 2.26 bits per heavy atom. The van der Waals surface area contributed by atoms with Gasteiger partial charge in [-0.2, -0.15) is 0 Å². The summed E-state index contributed by atoms with van der Waals surface area (Å²) in [6.45, 7) is 2.53. The highest BCUT2D eigenvalue weighted by atomic mass is 32.2. The van der Waals surface area contributed by atoms with Gasteiger partial charge in [-0.15, -0.1) is 11.3 Å². The van der Waals surface area contributed by atoms with Gasteiger partial charge >= 0.3 is 5.97 Å². The zero-order chi connectivity index (χ0) is 19.7. The van der Waals surface area contributed by atoms with Gasteiger partial charge in [-0.05, 0) is 55.4 Å². The van der Waals surface area contributed by atoms with Gasteiger partial charge in [0.15, 0.2) is 0 Å². The predicted octanol–water partition coefficient (Wildman–Crippen LogP) is 3.88. The Morgan fingerprint density at radius 1 is 1.00 bits per heavy atom. The number of carboxylic acid groups (broad SMARTS) is 1. The highest BCUT2D eigenvalue weighted by molar-refractivity contribution is 7.89. The molecule has 0 bridgehead atoms. The van der Waals surface area contributed by atoms with Crippen LogP contribution in [0.5, 0.6) is 0 Å². The first-order chi connectivity index (χ1) is 12.9. The topological polar surface area (TPSA) is 83.5 Å². The first-order valence-corrected chi connectivity index (χ1v) is 11.7. The molecule has 0 spiro atoms. The van der Waals surface area contributed by atoms with Crippen LogP contribution in [-0.2, 0) is 29.3 Å². The van der Waals surface area contributed by atoms with Gasteiger partial charge in [0.2, 0.25) is 10.0 Å². The molecule has 0 saturated carbocycles. The predicted molar refractivity (Wildman–Crippen MR) is 110 cm³/mol. The van der Waals surface area contributed by atoms with E-state index in [2.05, 4.69) is 23.8 Å². The third-order valence-corrected chi connectivity index (χ3v) is 6.81. The largest absolute Gasteiger partial charge is 0.477 e. The van der Waals surface area contributed by atoms with Crippen molar-refractivity contribution in [2.45, 2.75) is 45.4 Å². The number of hydrogen-bond acceptors (Lipinski definition) is 4. The van der Waals surface area contributed by atoms with Gasteiger partial charge in [-0.3, -0.25) is 0 Å². The Kier molecular flexibility index (Phi) is 8.47. The first kappa shape index (κ1) is 21.6. The summed E-state index contributed by atoms with van der Waals surface area (Å²) < 4.78 is 26.9. The molecule has 7 heteroatoms. The molecule has 0 saturated heterocycles. The summed E-state index contributed by atoms with van der Waals surface area (Å²) in [7, 11) is -3.31. The van der Waals surface area contributed by atoms with Gasteiger partial charge in [-0.1, -0.05) is 37.6 Å². The van der Waals surface area contributed by atoms with Gasteiger partial charge in [0.1, 0.15) is 4.88 Å². The number of sulfonamides is 1. The fraction of sp³-hybridized carbons (Fsp3) is 0.450. The Labute approximate surface area is 165 Å². The van der Waals surface area contributed by atoms with Crippen LogP contribution in [0, 0.1) is 0 Å². The lowest BCUT2D eigenvalue weighted by Crippen LogP contribution is -2.28. The van der Waals surface area contributed by atoms with Crippen molar-refractivity contribution in [1.82, 2.24) is 4.72 Å². The van der Waals surface area contributed by atoms with Crippen molar-refractivity contribution < 1.29 is 18.3 Å². The molecule has 148 valence electrons. The van der Waals surface area contributed by atoms with Gasteiger partial charge in [0.05, 0.1) is 5.75 Å². The molecule has 0 unspecified atom stereocenters. The molecule has 0 atom stereocenters. The molecule has 27 heavy (non-hydrogen) atoms. The van der Waals surface area contributed by atoms with Gasteiger partial charge in [-0.25, -0.2) is 17.9 Å². The van der Waals surface area contributed by atoms with Crippen LogP contribution in [0.4, 0.5) is 0 Å². The van der Waals surface area contributed by atoms with Crippen molar-refractivity contribution in [3.63, 3.8) is 0 Å². The number of aromatic carboxylic acids is 1. The fourth-order valence-corrected chi connectivity index (χ4v) is 4.69. The van der Waals surface area contributed by atoms with Crippen LogP contribution < -0.4 is 4.72 Å². The average Bonchev–Trinajstić information content (AvgIpc) is 3.12. The van der Waals surface area contributed by atoms with Crippen molar-refractivity contribution in [2.75, 3.05) is 12.3 Å². The molecule has 2 aromatic rings. The fourth-order valence-electron chi connectivity index (χ4n) is 2.70. The summed E-state index contributed by atoms with van der Waals surface area (Å²) in [6, 6.07) is 11.6. The molecular formula is C20H27NO4S2. The third-order valence-electron chi connectivity index (χ3n) is 4.30. The highest BCUT2D eigenvalue weighted by Crippen LogP contribution is 2.17. The van der Waals surface area contributed by atoms with Crippen molar-refractivity contribution in [3.8, 4) is 0 Å². The smallest absolute Gasteiger partial charge is 0.345 e. The van der Waals surface area contributed by atoms with E-state index < -0.39 is 16.0 Å². The summed E-state index contributed by atoms with van der Waals surface area (Å²) in [5.41, 5.74) is 2.32. The van der Waals surface area contributed by atoms with Crippen LogP contribution in [0.3, 0.4) is 0 Å². The molecule has 0 amide bonds. The Hall–Kier alpha value is -1.70. The number of carboxylic acids is 1. The van der Waals surface area contributed by atoms with E-state index >= 15 is 0 Å². The minimum absolute atomic E-state index is 0.0729. The summed E-state index contributed by atoms with van der Waals surface area (Å²) in [5.74, 6) is -0.853. The van der Waals surface area contributed by atoms with E-state index in [4.69, 9.17) is 5.11 Å². The lowest BCUT2D eigenvalue weighted by molar-refractivity contribution is 0.0702. The third kappa shape index (κ3) is 7.82. The number of benzene rings is 1. The van der Waals surface area contributed by atoms with Crippen LogP contribution >= 0.6 is 11.3 Å². The van der Waals surface area contributed by atoms with Gasteiger partial charge in [0, 0.05) is 11.4 Å². The Morgan fingerprint density at radius 2 is 1.67 bits per heavy atom. The SMILES string of the molecule is CCCCc1ccc(CCS(=O)(=O)NCCCc2ccc(C(=O)O)s2)cc1. The monoisotopic (exact) mass is 409 g/mol. The van der Waals surface area contributed by atoms with E-state index in [9.17, 15) is 13.2 Å². The lowest BCUT2D eigenvalue weighted by atomic mass is 10.1. The molecule has 2 rings (SSSR count). The molecular weight excluding hydrogens is 382 g/mol. The number of hydrogen-bond donors (Lipinski definition) is 2. The Bertz CT molecular complexity index is 826. The lowest BCUT2D eigenvalue weighted by Gasteiger charge is -2.07. The van der Waals surface area contributed by atoms with Crippen molar-refractivity contribution in [2.24, 2.45) is 0 Å². The summed E-state index contributed by atoms with van der Waals surface area (Å²) in [6.07, 6.45) is 5.20. The number of carbonyl (C=O) groups is 1. The van der Waals surface area contributed by atoms with Crippen LogP contribution in [0.2, 0.25) is 0 Å². The molecule has 0 aliphatic carbocycles. The van der Waals surface area contributed by atoms with Crippen LogP contribution in [0.15, 0.2) is 36.4 Å². The molecule has 0 aliphatic heterocycles. The molecule has 2 N–H and O–H groups in total. The molecule has 1 aromatic heterocycles. The van der Waals surface area contributed by atoms with E-state index in [1.807, 2.05) is 12.1 Å². The molecule has 0 aliphatic rings. The maximum Gasteiger partial charge on any atom is 0.345 e. The second-order valence-electron chi connectivity index (χ2n) is 6.56. The maximum absolute atomic E-state index is 12.1. The zero-order valence-corrected chi connectivity index (χ0v) is 17.2. The Balaban J connectivity index is 1.70. The first-order valence-electron chi connectivity index (χ1n) is 9.27. The number of nitrogens with one attached hydrogen (secondary N) is 1. The van der Waals surface area contributed by atoms with Crippen LogP contribution in [0.1, 0.15) is 51.9 Å². The molecule has 0 fully saturated rings. The average molecular weight is 410 g/mol. The summed E-state index contributed by atoms with van der Waals surface area (Å²) in [5, 5.41) is 8.90. The van der Waals surface area contributed by atoms with Crippen molar-refractivity contribution in [1.29, 1.82) is 0 Å². The van der Waals surface area contributed by atoms with Crippen LogP contribution in [-0.4, -0.2) is 31.8 Å². The van der Waals surface area contributed by atoms with E-state index in [-0.39, 0.29) is 5.75 Å². The number of thiophene rings is 1. The second-order valence-corrected chi connectivity index (χ2v) is 9.65. The zero-order valence-electron chi connectivity index (χ0n) is 15.6.